The monoisotopic (exact) mass is 469 g/mol. The van der Waals surface area contributed by atoms with Crippen LogP contribution < -0.4 is 22.9 Å². The lowest BCUT2D eigenvalue weighted by atomic mass is 10.1. The summed E-state index contributed by atoms with van der Waals surface area (Å²) in [6.45, 7) is 1.69. The van der Waals surface area contributed by atoms with E-state index in [9.17, 15) is 0 Å². The van der Waals surface area contributed by atoms with Crippen molar-refractivity contribution in [3.63, 3.8) is 0 Å². The zero-order chi connectivity index (χ0) is 24.4. The SMILES string of the molecule is Nc1nc(N)c2nc(CN(CCc3ccccc3)Cc3cnc4nc(N)nc(N)c4n3)cnc2n1. The smallest absolute Gasteiger partial charge is 0.224 e. The molecule has 13 nitrogen and oxygen atoms in total. The molecule has 4 heterocycles. The molecule has 0 atom stereocenters. The molecule has 35 heavy (non-hydrogen) atoms. The molecule has 0 aliphatic rings. The molecule has 176 valence electrons. The predicted molar refractivity (Wildman–Crippen MR) is 132 cm³/mol. The fourth-order valence-electron chi connectivity index (χ4n) is 3.72. The third kappa shape index (κ3) is 4.94. The van der Waals surface area contributed by atoms with Gasteiger partial charge in [0, 0.05) is 19.6 Å². The third-order valence-electron chi connectivity index (χ3n) is 5.33. The standard InChI is InChI=1S/C22H23N13/c23-17-15-19(33-21(25)31-17)27-8-13(29-15)10-35(7-6-12-4-2-1-3-5-12)11-14-9-28-20-16(30-14)18(24)32-22(26)34-20/h1-5,8-9H,6-7,10-11H2,(H4,23,25,27,31,33)(H4,24,26,28,32,34). The minimum absolute atomic E-state index is 0.0569. The molecule has 5 aromatic rings. The Morgan fingerprint density at radius 1 is 0.629 bits per heavy atom. The molecule has 0 radical (unpaired) electrons. The molecular formula is C22H23N13. The van der Waals surface area contributed by atoms with Crippen LogP contribution in [0.4, 0.5) is 23.5 Å². The Labute approximate surface area is 199 Å². The fourth-order valence-corrected chi connectivity index (χ4v) is 3.72. The van der Waals surface area contributed by atoms with Gasteiger partial charge in [-0.15, -0.1) is 0 Å². The first-order valence-corrected chi connectivity index (χ1v) is 10.8. The molecule has 5 rings (SSSR count). The van der Waals surface area contributed by atoms with Crippen LogP contribution >= 0.6 is 0 Å². The van der Waals surface area contributed by atoms with Crippen LogP contribution in [0.5, 0.6) is 0 Å². The molecule has 0 aliphatic heterocycles. The second-order valence-electron chi connectivity index (χ2n) is 7.95. The van der Waals surface area contributed by atoms with Crippen molar-refractivity contribution in [2.75, 3.05) is 29.5 Å². The highest BCUT2D eigenvalue weighted by Gasteiger charge is 2.15. The number of nitrogens with zero attached hydrogens (tertiary/aromatic N) is 9. The van der Waals surface area contributed by atoms with E-state index in [1.807, 2.05) is 18.2 Å². The molecule has 0 amide bonds. The largest absolute Gasteiger partial charge is 0.382 e. The van der Waals surface area contributed by atoms with Gasteiger partial charge in [-0.2, -0.15) is 19.9 Å². The van der Waals surface area contributed by atoms with Crippen LogP contribution in [0.15, 0.2) is 42.7 Å². The fraction of sp³-hybridized carbons (Fsp3) is 0.182. The number of benzene rings is 1. The van der Waals surface area contributed by atoms with E-state index >= 15 is 0 Å². The molecular weight excluding hydrogens is 446 g/mol. The summed E-state index contributed by atoms with van der Waals surface area (Å²) in [6, 6.07) is 10.2. The maximum atomic E-state index is 5.99. The molecule has 0 unspecified atom stereocenters. The number of rotatable bonds is 7. The van der Waals surface area contributed by atoms with E-state index in [0.29, 0.717) is 46.8 Å². The van der Waals surface area contributed by atoms with Crippen molar-refractivity contribution in [1.82, 2.24) is 44.8 Å². The van der Waals surface area contributed by atoms with Crippen molar-refractivity contribution < 1.29 is 0 Å². The minimum Gasteiger partial charge on any atom is -0.382 e. The van der Waals surface area contributed by atoms with E-state index in [1.54, 1.807) is 12.4 Å². The Morgan fingerprint density at radius 2 is 1.14 bits per heavy atom. The lowest BCUT2D eigenvalue weighted by molar-refractivity contribution is 0.254. The molecule has 1 aromatic carbocycles. The summed E-state index contributed by atoms with van der Waals surface area (Å²) in [5, 5.41) is 0. The summed E-state index contributed by atoms with van der Waals surface area (Å²) in [6.07, 6.45) is 4.14. The first-order chi connectivity index (χ1) is 16.9. The number of aromatic nitrogens is 8. The van der Waals surface area contributed by atoms with Crippen LogP contribution in [0, 0.1) is 0 Å². The van der Waals surface area contributed by atoms with Crippen LogP contribution in [0.1, 0.15) is 17.0 Å². The Kier molecular flexibility index (Phi) is 5.81. The van der Waals surface area contributed by atoms with Crippen molar-refractivity contribution in [2.45, 2.75) is 19.5 Å². The van der Waals surface area contributed by atoms with Crippen LogP contribution in [0.25, 0.3) is 22.3 Å². The van der Waals surface area contributed by atoms with Crippen molar-refractivity contribution >= 4 is 45.9 Å². The molecule has 0 fully saturated rings. The zero-order valence-corrected chi connectivity index (χ0v) is 18.7. The van der Waals surface area contributed by atoms with Crippen molar-refractivity contribution in [2.24, 2.45) is 0 Å². The van der Waals surface area contributed by atoms with E-state index in [-0.39, 0.29) is 23.5 Å². The second kappa shape index (κ2) is 9.23. The van der Waals surface area contributed by atoms with Gasteiger partial charge in [-0.1, -0.05) is 30.3 Å². The topological polar surface area (TPSA) is 210 Å². The minimum atomic E-state index is 0.0569. The molecule has 0 spiro atoms. The highest BCUT2D eigenvalue weighted by molar-refractivity contribution is 5.82. The van der Waals surface area contributed by atoms with Crippen LogP contribution in [-0.2, 0) is 19.5 Å². The zero-order valence-electron chi connectivity index (χ0n) is 18.7. The number of hydrogen-bond donors (Lipinski definition) is 4. The highest BCUT2D eigenvalue weighted by Crippen LogP contribution is 2.18. The molecule has 13 heteroatoms. The molecule has 0 aliphatic carbocycles. The third-order valence-corrected chi connectivity index (χ3v) is 5.33. The lowest BCUT2D eigenvalue weighted by Gasteiger charge is -2.22. The van der Waals surface area contributed by atoms with Gasteiger partial charge in [-0.25, -0.2) is 19.9 Å². The van der Waals surface area contributed by atoms with E-state index in [0.717, 1.165) is 13.0 Å². The molecule has 8 N–H and O–H groups in total. The highest BCUT2D eigenvalue weighted by atomic mass is 15.2. The molecule has 0 bridgehead atoms. The van der Waals surface area contributed by atoms with Gasteiger partial charge in [0.25, 0.3) is 0 Å². The van der Waals surface area contributed by atoms with E-state index in [1.165, 1.54) is 5.56 Å². The van der Waals surface area contributed by atoms with E-state index < -0.39 is 0 Å². The number of fused-ring (bicyclic) bond motifs is 2. The normalized spacial score (nSPS) is 11.5. The van der Waals surface area contributed by atoms with Gasteiger partial charge in [0.1, 0.15) is 0 Å². The van der Waals surface area contributed by atoms with Gasteiger partial charge in [-0.3, -0.25) is 4.90 Å². The summed E-state index contributed by atoms with van der Waals surface area (Å²) in [5.74, 6) is 0.489. The Hall–Kier alpha value is -4.78. The van der Waals surface area contributed by atoms with Gasteiger partial charge in [0.15, 0.2) is 34.0 Å². The summed E-state index contributed by atoms with van der Waals surface area (Å²) in [5.41, 5.74) is 27.5. The Morgan fingerprint density at radius 3 is 1.66 bits per heavy atom. The number of nitrogen functional groups attached to an aromatic ring is 4. The Balaban J connectivity index is 1.43. The van der Waals surface area contributed by atoms with Crippen LogP contribution in [0.2, 0.25) is 0 Å². The van der Waals surface area contributed by atoms with Crippen molar-refractivity contribution in [3.8, 4) is 0 Å². The quantitative estimate of drug-likeness (QED) is 0.259. The predicted octanol–water partition coefficient (Wildman–Crippen LogP) is 0.727. The average Bonchev–Trinajstić information content (AvgIpc) is 2.84. The van der Waals surface area contributed by atoms with Gasteiger partial charge in [-0.05, 0) is 12.0 Å². The van der Waals surface area contributed by atoms with Crippen molar-refractivity contribution in [3.05, 3.63) is 59.7 Å². The second-order valence-corrected chi connectivity index (χ2v) is 7.95. The number of anilines is 4. The summed E-state index contributed by atoms with van der Waals surface area (Å²) >= 11 is 0. The molecule has 0 saturated carbocycles. The summed E-state index contributed by atoms with van der Waals surface area (Å²) in [4.78, 5) is 36.3. The van der Waals surface area contributed by atoms with Gasteiger partial charge in [0.05, 0.1) is 23.8 Å². The molecule has 4 aromatic heterocycles. The Bertz CT molecular complexity index is 1410. The first-order valence-electron chi connectivity index (χ1n) is 10.8. The van der Waals surface area contributed by atoms with Gasteiger partial charge < -0.3 is 22.9 Å². The average molecular weight is 470 g/mol. The van der Waals surface area contributed by atoms with E-state index in [4.69, 9.17) is 22.9 Å². The number of hydrogen-bond acceptors (Lipinski definition) is 13. The summed E-state index contributed by atoms with van der Waals surface area (Å²) in [7, 11) is 0. The van der Waals surface area contributed by atoms with Crippen LogP contribution in [0.3, 0.4) is 0 Å². The van der Waals surface area contributed by atoms with Crippen molar-refractivity contribution in [1.29, 1.82) is 0 Å². The summed E-state index contributed by atoms with van der Waals surface area (Å²) < 4.78 is 0. The van der Waals surface area contributed by atoms with E-state index in [2.05, 4.69) is 56.9 Å². The maximum absolute atomic E-state index is 5.99. The van der Waals surface area contributed by atoms with Crippen LogP contribution in [-0.4, -0.2) is 51.3 Å². The maximum Gasteiger partial charge on any atom is 0.224 e. The van der Waals surface area contributed by atoms with Gasteiger partial charge in [0.2, 0.25) is 11.9 Å². The molecule has 0 saturated heterocycles. The first kappa shape index (κ1) is 22.0. The van der Waals surface area contributed by atoms with Gasteiger partial charge >= 0.3 is 0 Å². The lowest BCUT2D eigenvalue weighted by Crippen LogP contribution is -2.26. The number of nitrogens with two attached hydrogens (primary N) is 4.